The SMILES string of the molecule is Cc1ccc(F)cc1OCCC(N)(CO)c1ccccc1. The van der Waals surface area contributed by atoms with Crippen LogP contribution in [0.5, 0.6) is 5.75 Å². The first kappa shape index (κ1) is 15.5. The zero-order chi connectivity index (χ0) is 15.3. The minimum Gasteiger partial charge on any atom is -0.493 e. The molecule has 2 rings (SSSR count). The molecular formula is C17H20FNO2. The first-order valence-electron chi connectivity index (χ1n) is 6.89. The smallest absolute Gasteiger partial charge is 0.126 e. The average Bonchev–Trinajstić information content (AvgIpc) is 2.51. The number of hydrogen-bond acceptors (Lipinski definition) is 3. The molecule has 0 saturated carbocycles. The van der Waals surface area contributed by atoms with Crippen molar-refractivity contribution in [2.75, 3.05) is 13.2 Å². The summed E-state index contributed by atoms with van der Waals surface area (Å²) in [6.07, 6.45) is 0.434. The monoisotopic (exact) mass is 289 g/mol. The number of nitrogens with two attached hydrogens (primary N) is 1. The van der Waals surface area contributed by atoms with Gasteiger partial charge in [0.25, 0.3) is 0 Å². The van der Waals surface area contributed by atoms with Crippen LogP contribution in [0.2, 0.25) is 0 Å². The van der Waals surface area contributed by atoms with E-state index < -0.39 is 5.54 Å². The van der Waals surface area contributed by atoms with E-state index in [1.807, 2.05) is 37.3 Å². The largest absolute Gasteiger partial charge is 0.493 e. The number of aliphatic hydroxyl groups is 1. The molecule has 0 aromatic heterocycles. The second-order valence-corrected chi connectivity index (χ2v) is 5.19. The van der Waals surface area contributed by atoms with Gasteiger partial charge in [-0.3, -0.25) is 0 Å². The molecule has 0 aliphatic rings. The third kappa shape index (κ3) is 3.80. The summed E-state index contributed by atoms with van der Waals surface area (Å²) in [6.45, 7) is 1.98. The van der Waals surface area contributed by atoms with E-state index in [1.165, 1.54) is 12.1 Å². The zero-order valence-corrected chi connectivity index (χ0v) is 12.1. The van der Waals surface area contributed by atoms with Crippen molar-refractivity contribution in [3.63, 3.8) is 0 Å². The Labute approximate surface area is 124 Å². The van der Waals surface area contributed by atoms with Gasteiger partial charge >= 0.3 is 0 Å². The van der Waals surface area contributed by atoms with Gasteiger partial charge in [0.2, 0.25) is 0 Å². The van der Waals surface area contributed by atoms with E-state index in [9.17, 15) is 9.50 Å². The van der Waals surface area contributed by atoms with Gasteiger partial charge in [-0.05, 0) is 24.1 Å². The topological polar surface area (TPSA) is 55.5 Å². The lowest BCUT2D eigenvalue weighted by Gasteiger charge is -2.28. The molecule has 2 aromatic carbocycles. The first-order valence-corrected chi connectivity index (χ1v) is 6.89. The summed E-state index contributed by atoms with van der Waals surface area (Å²) in [4.78, 5) is 0. The highest BCUT2D eigenvalue weighted by Crippen LogP contribution is 2.24. The van der Waals surface area contributed by atoms with Gasteiger partial charge in [0, 0.05) is 12.5 Å². The van der Waals surface area contributed by atoms with Gasteiger partial charge in [0.05, 0.1) is 18.8 Å². The maximum atomic E-state index is 13.2. The molecule has 112 valence electrons. The number of hydrogen-bond donors (Lipinski definition) is 2. The molecule has 2 aromatic rings. The number of halogens is 1. The molecule has 21 heavy (non-hydrogen) atoms. The summed E-state index contributed by atoms with van der Waals surface area (Å²) in [5.74, 6) is 0.170. The predicted molar refractivity (Wildman–Crippen MR) is 80.6 cm³/mol. The predicted octanol–water partition coefficient (Wildman–Crippen LogP) is 2.75. The van der Waals surface area contributed by atoms with Crippen molar-refractivity contribution in [3.8, 4) is 5.75 Å². The maximum absolute atomic E-state index is 13.2. The second kappa shape index (κ2) is 6.70. The van der Waals surface area contributed by atoms with Crippen molar-refractivity contribution in [1.82, 2.24) is 0 Å². The molecule has 0 bridgehead atoms. The highest BCUT2D eigenvalue weighted by atomic mass is 19.1. The third-order valence-corrected chi connectivity index (χ3v) is 3.59. The molecule has 0 amide bonds. The zero-order valence-electron chi connectivity index (χ0n) is 12.1. The van der Waals surface area contributed by atoms with Crippen LogP contribution in [0.15, 0.2) is 48.5 Å². The van der Waals surface area contributed by atoms with Crippen molar-refractivity contribution in [2.24, 2.45) is 5.73 Å². The Balaban J connectivity index is 2.02. The van der Waals surface area contributed by atoms with Gasteiger partial charge in [-0.2, -0.15) is 0 Å². The molecule has 3 nitrogen and oxygen atoms in total. The molecule has 0 aliphatic heterocycles. The van der Waals surface area contributed by atoms with Gasteiger partial charge in [0.15, 0.2) is 0 Å². The van der Waals surface area contributed by atoms with Crippen LogP contribution in [0.25, 0.3) is 0 Å². The van der Waals surface area contributed by atoms with Crippen LogP contribution in [0.1, 0.15) is 17.5 Å². The number of aliphatic hydroxyl groups excluding tert-OH is 1. The fourth-order valence-electron chi connectivity index (χ4n) is 2.16. The van der Waals surface area contributed by atoms with Crippen molar-refractivity contribution in [3.05, 3.63) is 65.5 Å². The van der Waals surface area contributed by atoms with Crippen LogP contribution in [-0.4, -0.2) is 18.3 Å². The van der Waals surface area contributed by atoms with Crippen molar-refractivity contribution >= 4 is 0 Å². The Morgan fingerprint density at radius 2 is 1.90 bits per heavy atom. The summed E-state index contributed by atoms with van der Waals surface area (Å²) in [7, 11) is 0. The molecule has 3 N–H and O–H groups in total. The van der Waals surface area contributed by atoms with Crippen LogP contribution >= 0.6 is 0 Å². The quantitative estimate of drug-likeness (QED) is 0.859. The normalized spacial score (nSPS) is 13.7. The van der Waals surface area contributed by atoms with Crippen LogP contribution in [0.4, 0.5) is 4.39 Å². The molecule has 0 aliphatic carbocycles. The Morgan fingerprint density at radius 3 is 2.57 bits per heavy atom. The molecule has 1 atom stereocenters. The van der Waals surface area contributed by atoms with Crippen LogP contribution in [0, 0.1) is 12.7 Å². The lowest BCUT2D eigenvalue weighted by atomic mass is 9.89. The molecule has 0 saturated heterocycles. The molecule has 0 radical (unpaired) electrons. The van der Waals surface area contributed by atoms with E-state index in [2.05, 4.69) is 0 Å². The lowest BCUT2D eigenvalue weighted by Crippen LogP contribution is -2.41. The third-order valence-electron chi connectivity index (χ3n) is 3.59. The molecule has 0 spiro atoms. The Kier molecular flexibility index (Phi) is 4.94. The first-order chi connectivity index (χ1) is 10.0. The van der Waals surface area contributed by atoms with Crippen molar-refractivity contribution in [1.29, 1.82) is 0 Å². The molecule has 0 heterocycles. The van der Waals surface area contributed by atoms with Crippen molar-refractivity contribution in [2.45, 2.75) is 18.9 Å². The fourth-order valence-corrected chi connectivity index (χ4v) is 2.16. The minimum absolute atomic E-state index is 0.178. The number of benzene rings is 2. The Hall–Kier alpha value is -1.91. The Morgan fingerprint density at radius 1 is 1.19 bits per heavy atom. The van der Waals surface area contributed by atoms with E-state index in [1.54, 1.807) is 6.07 Å². The van der Waals surface area contributed by atoms with E-state index in [-0.39, 0.29) is 12.4 Å². The van der Waals surface area contributed by atoms with Gasteiger partial charge in [-0.1, -0.05) is 36.4 Å². The minimum atomic E-state index is -0.859. The van der Waals surface area contributed by atoms with Crippen molar-refractivity contribution < 1.29 is 14.2 Å². The molecular weight excluding hydrogens is 269 g/mol. The summed E-state index contributed by atoms with van der Waals surface area (Å²) in [6, 6.07) is 13.8. The van der Waals surface area contributed by atoms with E-state index in [0.717, 1.165) is 11.1 Å². The maximum Gasteiger partial charge on any atom is 0.126 e. The van der Waals surface area contributed by atoms with E-state index in [0.29, 0.717) is 18.8 Å². The van der Waals surface area contributed by atoms with E-state index in [4.69, 9.17) is 10.5 Å². The van der Waals surface area contributed by atoms with Gasteiger partial charge in [0.1, 0.15) is 11.6 Å². The average molecular weight is 289 g/mol. The van der Waals surface area contributed by atoms with Crippen LogP contribution in [-0.2, 0) is 5.54 Å². The van der Waals surface area contributed by atoms with Crippen LogP contribution in [0.3, 0.4) is 0 Å². The standard InChI is InChI=1S/C17H20FNO2/c1-13-7-8-15(18)11-16(13)21-10-9-17(19,12-20)14-5-3-2-4-6-14/h2-8,11,20H,9-10,12,19H2,1H3. The number of aryl methyl sites for hydroxylation is 1. The fraction of sp³-hybridized carbons (Fsp3) is 0.294. The van der Waals surface area contributed by atoms with Gasteiger partial charge in [-0.15, -0.1) is 0 Å². The summed E-state index contributed by atoms with van der Waals surface area (Å²) < 4.78 is 18.8. The number of rotatable bonds is 6. The highest BCUT2D eigenvalue weighted by Gasteiger charge is 2.26. The summed E-state index contributed by atoms with van der Waals surface area (Å²) >= 11 is 0. The molecule has 1 unspecified atom stereocenters. The summed E-state index contributed by atoms with van der Waals surface area (Å²) in [5, 5.41) is 9.59. The highest BCUT2D eigenvalue weighted by molar-refractivity contribution is 5.32. The molecule has 0 fully saturated rings. The summed E-state index contributed by atoms with van der Waals surface area (Å²) in [5.41, 5.74) is 7.11. The lowest BCUT2D eigenvalue weighted by molar-refractivity contribution is 0.162. The van der Waals surface area contributed by atoms with Crippen LogP contribution < -0.4 is 10.5 Å². The van der Waals surface area contributed by atoms with Gasteiger partial charge in [-0.25, -0.2) is 4.39 Å². The second-order valence-electron chi connectivity index (χ2n) is 5.19. The Bertz CT molecular complexity index is 589. The van der Waals surface area contributed by atoms with E-state index >= 15 is 0 Å². The van der Waals surface area contributed by atoms with Gasteiger partial charge < -0.3 is 15.6 Å². The molecule has 4 heteroatoms. The number of ether oxygens (including phenoxy) is 1.